The van der Waals surface area contributed by atoms with Crippen LogP contribution in [-0.4, -0.2) is 36.4 Å². The van der Waals surface area contributed by atoms with Crippen molar-refractivity contribution < 1.29 is 9.72 Å². The van der Waals surface area contributed by atoms with Crippen LogP contribution in [0.15, 0.2) is 18.2 Å². The maximum Gasteiger partial charge on any atom is 0.288 e. The Balaban J connectivity index is 2.76. The van der Waals surface area contributed by atoms with E-state index in [1.54, 1.807) is 25.1 Å². The van der Waals surface area contributed by atoms with E-state index >= 15 is 0 Å². The van der Waals surface area contributed by atoms with E-state index in [1.807, 2.05) is 0 Å². The Kier molecular flexibility index (Phi) is 5.06. The van der Waals surface area contributed by atoms with E-state index < -0.39 is 4.92 Å². The maximum atomic E-state index is 11.2. The van der Waals surface area contributed by atoms with Crippen molar-refractivity contribution in [1.82, 2.24) is 10.2 Å². The standard InChI is InChI=1S/C11H14ClN3O3/c1-13-11(16)7-14(2)6-8-3-4-9(12)10(5-8)15(17)18/h3-5H,6-7H2,1-2H3,(H,13,16). The zero-order valence-corrected chi connectivity index (χ0v) is 10.9. The Hall–Kier alpha value is -1.66. The van der Waals surface area contributed by atoms with Crippen molar-refractivity contribution in [3.63, 3.8) is 0 Å². The molecule has 7 heteroatoms. The molecule has 18 heavy (non-hydrogen) atoms. The van der Waals surface area contributed by atoms with Gasteiger partial charge in [-0.1, -0.05) is 17.7 Å². The summed E-state index contributed by atoms with van der Waals surface area (Å²) in [5.74, 6) is -0.110. The fraction of sp³-hybridized carbons (Fsp3) is 0.364. The highest BCUT2D eigenvalue weighted by Gasteiger charge is 2.14. The van der Waals surface area contributed by atoms with Crippen molar-refractivity contribution in [1.29, 1.82) is 0 Å². The monoisotopic (exact) mass is 271 g/mol. The van der Waals surface area contributed by atoms with Gasteiger partial charge < -0.3 is 5.32 Å². The van der Waals surface area contributed by atoms with E-state index in [2.05, 4.69) is 5.32 Å². The average Bonchev–Trinajstić information content (AvgIpc) is 2.31. The molecule has 0 fully saturated rings. The van der Waals surface area contributed by atoms with Crippen molar-refractivity contribution in [3.05, 3.63) is 38.9 Å². The third-order valence-electron chi connectivity index (χ3n) is 2.35. The molecule has 6 nitrogen and oxygen atoms in total. The van der Waals surface area contributed by atoms with Crippen LogP contribution in [0.3, 0.4) is 0 Å². The van der Waals surface area contributed by atoms with Crippen molar-refractivity contribution in [3.8, 4) is 0 Å². The molecular weight excluding hydrogens is 258 g/mol. The number of hydrogen-bond acceptors (Lipinski definition) is 4. The molecule has 1 aromatic carbocycles. The van der Waals surface area contributed by atoms with Gasteiger partial charge in [0.05, 0.1) is 11.5 Å². The zero-order valence-electron chi connectivity index (χ0n) is 10.1. The molecule has 0 saturated heterocycles. The predicted octanol–water partition coefficient (Wildman–Crippen LogP) is 1.43. The van der Waals surface area contributed by atoms with Gasteiger partial charge in [-0.05, 0) is 18.7 Å². The summed E-state index contributed by atoms with van der Waals surface area (Å²) in [6.45, 7) is 0.665. The van der Waals surface area contributed by atoms with Crippen LogP contribution in [0.25, 0.3) is 0 Å². The highest BCUT2D eigenvalue weighted by Crippen LogP contribution is 2.25. The van der Waals surface area contributed by atoms with Gasteiger partial charge in [-0.2, -0.15) is 0 Å². The van der Waals surface area contributed by atoms with E-state index in [9.17, 15) is 14.9 Å². The second-order valence-electron chi connectivity index (χ2n) is 3.89. The topological polar surface area (TPSA) is 75.5 Å². The molecular formula is C11H14ClN3O3. The molecule has 0 atom stereocenters. The molecule has 0 aliphatic heterocycles. The van der Waals surface area contributed by atoms with E-state index in [0.29, 0.717) is 6.54 Å². The number of nitrogens with one attached hydrogen (secondary N) is 1. The first-order valence-corrected chi connectivity index (χ1v) is 5.63. The molecule has 98 valence electrons. The molecule has 0 aliphatic carbocycles. The molecule has 1 rings (SSSR count). The fourth-order valence-corrected chi connectivity index (χ4v) is 1.67. The average molecular weight is 272 g/mol. The number of carbonyl (C=O) groups excluding carboxylic acids is 1. The normalized spacial score (nSPS) is 10.4. The van der Waals surface area contributed by atoms with Gasteiger partial charge in [-0.3, -0.25) is 19.8 Å². The lowest BCUT2D eigenvalue weighted by Crippen LogP contribution is -2.32. The lowest BCUT2D eigenvalue weighted by molar-refractivity contribution is -0.384. The molecule has 0 aliphatic rings. The van der Waals surface area contributed by atoms with E-state index in [0.717, 1.165) is 5.56 Å². The smallest absolute Gasteiger partial charge is 0.288 e. The van der Waals surface area contributed by atoms with Gasteiger partial charge >= 0.3 is 0 Å². The summed E-state index contributed by atoms with van der Waals surface area (Å²) in [7, 11) is 3.32. The highest BCUT2D eigenvalue weighted by atomic mass is 35.5. The van der Waals surface area contributed by atoms with Gasteiger partial charge in [-0.15, -0.1) is 0 Å². The quantitative estimate of drug-likeness (QED) is 0.649. The van der Waals surface area contributed by atoms with Crippen LogP contribution in [0, 0.1) is 10.1 Å². The first kappa shape index (κ1) is 14.4. The van der Waals surface area contributed by atoms with E-state index in [4.69, 9.17) is 11.6 Å². The van der Waals surface area contributed by atoms with Crippen molar-refractivity contribution in [2.75, 3.05) is 20.6 Å². The third-order valence-corrected chi connectivity index (χ3v) is 2.67. The number of carbonyl (C=O) groups is 1. The van der Waals surface area contributed by atoms with Gasteiger partial charge in [0.2, 0.25) is 5.91 Å². The fourth-order valence-electron chi connectivity index (χ4n) is 1.49. The Morgan fingerprint density at radius 1 is 1.56 bits per heavy atom. The Morgan fingerprint density at radius 2 is 2.22 bits per heavy atom. The summed E-state index contributed by atoms with van der Waals surface area (Å²) in [5.41, 5.74) is 0.611. The molecule has 0 aromatic heterocycles. The summed E-state index contributed by atoms with van der Waals surface area (Å²) < 4.78 is 0. The van der Waals surface area contributed by atoms with Crippen LogP contribution < -0.4 is 5.32 Å². The summed E-state index contributed by atoms with van der Waals surface area (Å²) in [6, 6.07) is 4.61. The Bertz CT molecular complexity index is 465. The number of likely N-dealkylation sites (N-methyl/N-ethyl adjacent to an activating group) is 2. The van der Waals surface area contributed by atoms with Crippen LogP contribution in [0.2, 0.25) is 5.02 Å². The number of nitro groups is 1. The molecule has 0 spiro atoms. The number of nitro benzene ring substituents is 1. The van der Waals surface area contributed by atoms with Crippen LogP contribution >= 0.6 is 11.6 Å². The first-order valence-electron chi connectivity index (χ1n) is 5.26. The van der Waals surface area contributed by atoms with Gasteiger partial charge in [0, 0.05) is 19.7 Å². The molecule has 1 aromatic rings. The molecule has 1 N–H and O–H groups in total. The summed E-state index contributed by atoms with van der Waals surface area (Å²) in [4.78, 5) is 23.1. The van der Waals surface area contributed by atoms with Gasteiger partial charge in [0.1, 0.15) is 5.02 Å². The van der Waals surface area contributed by atoms with Gasteiger partial charge in [-0.25, -0.2) is 0 Å². The first-order chi connectivity index (χ1) is 8.43. The van der Waals surface area contributed by atoms with Gasteiger partial charge in [0.15, 0.2) is 0 Å². The second kappa shape index (κ2) is 6.32. The summed E-state index contributed by atoms with van der Waals surface area (Å²) >= 11 is 5.72. The Labute approximate surface area is 110 Å². The second-order valence-corrected chi connectivity index (χ2v) is 4.30. The SMILES string of the molecule is CNC(=O)CN(C)Cc1ccc(Cl)c([N+](=O)[O-])c1. The lowest BCUT2D eigenvalue weighted by atomic mass is 10.2. The number of hydrogen-bond donors (Lipinski definition) is 1. The van der Waals surface area contributed by atoms with Crippen LogP contribution in [-0.2, 0) is 11.3 Å². The van der Waals surface area contributed by atoms with Gasteiger partial charge in [0.25, 0.3) is 5.69 Å². The lowest BCUT2D eigenvalue weighted by Gasteiger charge is -2.15. The predicted molar refractivity (Wildman–Crippen MR) is 68.5 cm³/mol. The largest absolute Gasteiger partial charge is 0.358 e. The highest BCUT2D eigenvalue weighted by molar-refractivity contribution is 6.32. The molecule has 0 saturated carbocycles. The van der Waals surface area contributed by atoms with Crippen molar-refractivity contribution in [2.24, 2.45) is 0 Å². The number of rotatable bonds is 5. The molecule has 0 heterocycles. The van der Waals surface area contributed by atoms with E-state index in [1.165, 1.54) is 12.1 Å². The molecule has 0 bridgehead atoms. The molecule has 1 amide bonds. The summed E-state index contributed by atoms with van der Waals surface area (Å²) in [5, 5.41) is 13.3. The van der Waals surface area contributed by atoms with Crippen LogP contribution in [0.4, 0.5) is 5.69 Å². The van der Waals surface area contributed by atoms with Crippen LogP contribution in [0.1, 0.15) is 5.56 Å². The van der Waals surface area contributed by atoms with Crippen molar-refractivity contribution >= 4 is 23.2 Å². The minimum absolute atomic E-state index is 0.109. The molecule has 0 radical (unpaired) electrons. The number of amides is 1. The Morgan fingerprint density at radius 3 is 2.78 bits per heavy atom. The minimum Gasteiger partial charge on any atom is -0.358 e. The number of halogens is 1. The zero-order chi connectivity index (χ0) is 13.7. The van der Waals surface area contributed by atoms with Crippen LogP contribution in [0.5, 0.6) is 0 Å². The maximum absolute atomic E-state index is 11.2. The van der Waals surface area contributed by atoms with Crippen molar-refractivity contribution in [2.45, 2.75) is 6.54 Å². The molecule has 0 unspecified atom stereocenters. The number of nitrogens with zero attached hydrogens (tertiary/aromatic N) is 2. The number of benzene rings is 1. The summed E-state index contributed by atoms with van der Waals surface area (Å²) in [6.07, 6.45) is 0. The third kappa shape index (κ3) is 3.97. The van der Waals surface area contributed by atoms with E-state index in [-0.39, 0.29) is 23.2 Å². The minimum atomic E-state index is -0.523.